The Morgan fingerprint density at radius 1 is 1.00 bits per heavy atom. The maximum Gasteiger partial charge on any atom is 0.311 e. The van der Waals surface area contributed by atoms with Crippen LogP contribution in [0.3, 0.4) is 0 Å². The van der Waals surface area contributed by atoms with E-state index in [1.165, 1.54) is 0 Å². The highest BCUT2D eigenvalue weighted by Gasteiger charge is 2.53. The summed E-state index contributed by atoms with van der Waals surface area (Å²) >= 11 is 0. The van der Waals surface area contributed by atoms with Gasteiger partial charge in [-0.15, -0.1) is 0 Å². The first kappa shape index (κ1) is 25.1. The SMILES string of the molecule is CCC(CCOC(=O)C1CC(C)(C)NC1(C)C)OC(=O)C1CC(C)(C)N(C)C1(C)C. The first-order valence-electron chi connectivity index (χ1n) is 11.4. The molecule has 2 aliphatic heterocycles. The lowest BCUT2D eigenvalue weighted by molar-refractivity contribution is -0.159. The summed E-state index contributed by atoms with van der Waals surface area (Å²) in [7, 11) is 2.07. The van der Waals surface area contributed by atoms with Gasteiger partial charge < -0.3 is 14.8 Å². The third-order valence-corrected chi connectivity index (χ3v) is 7.57. The second-order valence-electron chi connectivity index (χ2n) is 11.7. The smallest absolute Gasteiger partial charge is 0.311 e. The van der Waals surface area contributed by atoms with Gasteiger partial charge in [-0.2, -0.15) is 0 Å². The molecule has 0 aromatic carbocycles. The van der Waals surface area contributed by atoms with Crippen molar-refractivity contribution in [2.45, 2.75) is 116 Å². The number of nitrogens with one attached hydrogen (secondary N) is 1. The highest BCUT2D eigenvalue weighted by Crippen LogP contribution is 2.44. The Hall–Kier alpha value is -1.14. The fourth-order valence-electron chi connectivity index (χ4n) is 5.41. The lowest BCUT2D eigenvalue weighted by Gasteiger charge is -2.38. The molecule has 6 nitrogen and oxygen atoms in total. The minimum absolute atomic E-state index is 0.0413. The molecular formula is C24H44N2O4. The largest absolute Gasteiger partial charge is 0.465 e. The number of carbonyl (C=O) groups is 2. The molecule has 0 aliphatic carbocycles. The van der Waals surface area contributed by atoms with Crippen LogP contribution in [-0.2, 0) is 19.1 Å². The fraction of sp³-hybridized carbons (Fsp3) is 0.917. The van der Waals surface area contributed by atoms with E-state index in [9.17, 15) is 9.59 Å². The molecule has 174 valence electrons. The Balaban J connectivity index is 1.88. The first-order valence-corrected chi connectivity index (χ1v) is 11.4. The summed E-state index contributed by atoms with van der Waals surface area (Å²) < 4.78 is 11.5. The van der Waals surface area contributed by atoms with Crippen LogP contribution in [-0.4, -0.2) is 58.8 Å². The average molecular weight is 425 g/mol. The van der Waals surface area contributed by atoms with Crippen molar-refractivity contribution < 1.29 is 19.1 Å². The molecule has 2 heterocycles. The average Bonchev–Trinajstić information content (AvgIpc) is 2.93. The van der Waals surface area contributed by atoms with Crippen molar-refractivity contribution in [2.24, 2.45) is 11.8 Å². The Bertz CT molecular complexity index is 654. The maximum atomic E-state index is 13.0. The molecule has 2 saturated heterocycles. The third-order valence-electron chi connectivity index (χ3n) is 7.57. The zero-order chi connectivity index (χ0) is 23.1. The van der Waals surface area contributed by atoms with Gasteiger partial charge in [-0.3, -0.25) is 14.5 Å². The van der Waals surface area contributed by atoms with Crippen molar-refractivity contribution in [3.63, 3.8) is 0 Å². The predicted molar refractivity (Wildman–Crippen MR) is 119 cm³/mol. The Morgan fingerprint density at radius 3 is 2.03 bits per heavy atom. The van der Waals surface area contributed by atoms with Crippen LogP contribution >= 0.6 is 0 Å². The molecule has 0 aromatic heterocycles. The highest BCUT2D eigenvalue weighted by molar-refractivity contribution is 5.75. The van der Waals surface area contributed by atoms with Gasteiger partial charge in [0.05, 0.1) is 18.4 Å². The number of ether oxygens (including phenoxy) is 2. The minimum Gasteiger partial charge on any atom is -0.465 e. The van der Waals surface area contributed by atoms with Gasteiger partial charge in [-0.1, -0.05) is 6.92 Å². The van der Waals surface area contributed by atoms with Crippen LogP contribution < -0.4 is 5.32 Å². The summed E-state index contributed by atoms with van der Waals surface area (Å²) in [5, 5.41) is 3.51. The molecule has 3 atom stereocenters. The van der Waals surface area contributed by atoms with Crippen molar-refractivity contribution >= 4 is 11.9 Å². The summed E-state index contributed by atoms with van der Waals surface area (Å²) in [5.41, 5.74) is -0.659. The van der Waals surface area contributed by atoms with Gasteiger partial charge in [-0.25, -0.2) is 0 Å². The molecule has 0 aromatic rings. The van der Waals surface area contributed by atoms with Gasteiger partial charge >= 0.3 is 11.9 Å². The topological polar surface area (TPSA) is 67.9 Å². The van der Waals surface area contributed by atoms with Crippen molar-refractivity contribution in [2.75, 3.05) is 13.7 Å². The molecule has 2 fully saturated rings. The van der Waals surface area contributed by atoms with E-state index < -0.39 is 0 Å². The molecule has 0 bridgehead atoms. The van der Waals surface area contributed by atoms with E-state index in [-0.39, 0.29) is 58.6 Å². The predicted octanol–water partition coefficient (Wildman–Crippen LogP) is 3.92. The summed E-state index contributed by atoms with van der Waals surface area (Å²) in [4.78, 5) is 27.9. The number of hydrogen-bond donors (Lipinski definition) is 1. The zero-order valence-electron chi connectivity index (χ0n) is 20.8. The lowest BCUT2D eigenvalue weighted by atomic mass is 9.87. The fourth-order valence-corrected chi connectivity index (χ4v) is 5.41. The monoisotopic (exact) mass is 424 g/mol. The van der Waals surface area contributed by atoms with E-state index in [2.05, 4.69) is 58.8 Å². The lowest BCUT2D eigenvalue weighted by Crippen LogP contribution is -2.48. The minimum atomic E-state index is -0.288. The molecule has 0 amide bonds. The van der Waals surface area contributed by atoms with Crippen LogP contribution in [0.5, 0.6) is 0 Å². The highest BCUT2D eigenvalue weighted by atomic mass is 16.6. The van der Waals surface area contributed by atoms with Crippen LogP contribution in [0.4, 0.5) is 0 Å². The zero-order valence-corrected chi connectivity index (χ0v) is 20.8. The number of hydrogen-bond acceptors (Lipinski definition) is 6. The summed E-state index contributed by atoms with van der Waals surface area (Å²) in [6.07, 6.45) is 2.54. The molecule has 0 spiro atoms. The van der Waals surface area contributed by atoms with Crippen LogP contribution in [0.2, 0.25) is 0 Å². The van der Waals surface area contributed by atoms with Gasteiger partial charge in [0.15, 0.2) is 0 Å². The molecule has 2 rings (SSSR count). The van der Waals surface area contributed by atoms with Crippen molar-refractivity contribution in [3.05, 3.63) is 0 Å². The molecule has 2 aliphatic rings. The number of nitrogens with zero attached hydrogens (tertiary/aromatic N) is 1. The van der Waals surface area contributed by atoms with Crippen molar-refractivity contribution in [3.8, 4) is 0 Å². The number of esters is 2. The molecule has 6 heteroatoms. The standard InChI is InChI=1S/C24H44N2O4/c1-11-16(30-20(28)18-15-22(4,5)26(10)24(18,8)9)12-13-29-19(27)17-14-21(2,3)25-23(17,6)7/h16-18,25H,11-15H2,1-10H3. The van der Waals surface area contributed by atoms with Gasteiger partial charge in [-0.05, 0) is 81.7 Å². The van der Waals surface area contributed by atoms with E-state index in [0.717, 1.165) is 12.8 Å². The molecule has 0 radical (unpaired) electrons. The molecule has 0 saturated carbocycles. The van der Waals surface area contributed by atoms with Crippen LogP contribution in [0.15, 0.2) is 0 Å². The first-order chi connectivity index (χ1) is 13.5. The molecule has 1 N–H and O–H groups in total. The molecule has 30 heavy (non-hydrogen) atoms. The van der Waals surface area contributed by atoms with E-state index >= 15 is 0 Å². The Kier molecular flexibility index (Phi) is 7.05. The van der Waals surface area contributed by atoms with Gasteiger partial charge in [0.2, 0.25) is 0 Å². The van der Waals surface area contributed by atoms with Crippen molar-refractivity contribution in [1.82, 2.24) is 10.2 Å². The summed E-state index contributed by atoms with van der Waals surface area (Å²) in [5.74, 6) is -0.646. The van der Waals surface area contributed by atoms with Crippen LogP contribution in [0, 0.1) is 11.8 Å². The second kappa shape index (κ2) is 8.42. The van der Waals surface area contributed by atoms with Crippen molar-refractivity contribution in [1.29, 1.82) is 0 Å². The van der Waals surface area contributed by atoms with E-state index in [1.807, 2.05) is 20.8 Å². The second-order valence-corrected chi connectivity index (χ2v) is 11.7. The summed E-state index contributed by atoms with van der Waals surface area (Å²) in [6.45, 7) is 19.1. The normalized spacial score (nSPS) is 30.1. The van der Waals surface area contributed by atoms with Crippen LogP contribution in [0.25, 0.3) is 0 Å². The number of likely N-dealkylation sites (tertiary alicyclic amines) is 1. The van der Waals surface area contributed by atoms with Gasteiger partial charge in [0, 0.05) is 28.6 Å². The van der Waals surface area contributed by atoms with Gasteiger partial charge in [0.25, 0.3) is 0 Å². The molecule has 3 unspecified atom stereocenters. The van der Waals surface area contributed by atoms with E-state index in [4.69, 9.17) is 9.47 Å². The maximum absolute atomic E-state index is 13.0. The van der Waals surface area contributed by atoms with E-state index in [0.29, 0.717) is 12.8 Å². The third kappa shape index (κ3) is 5.18. The quantitative estimate of drug-likeness (QED) is 0.625. The summed E-state index contributed by atoms with van der Waals surface area (Å²) in [6, 6.07) is 0. The number of carbonyl (C=O) groups excluding carboxylic acids is 2. The van der Waals surface area contributed by atoms with E-state index in [1.54, 1.807) is 0 Å². The molecular weight excluding hydrogens is 380 g/mol. The Morgan fingerprint density at radius 2 is 1.60 bits per heavy atom. The Labute approximate surface area is 183 Å². The number of rotatable bonds is 7. The van der Waals surface area contributed by atoms with Gasteiger partial charge in [0.1, 0.15) is 6.10 Å². The van der Waals surface area contributed by atoms with Crippen LogP contribution in [0.1, 0.15) is 88.0 Å².